The number of aliphatic hydroxyl groups excluding tert-OH is 1. The molecule has 0 saturated carbocycles. The molecule has 94 valence electrons. The highest BCUT2D eigenvalue weighted by Gasteiger charge is 2.17. The second-order valence-electron chi connectivity index (χ2n) is 4.10. The standard InChI is InChI=1S/C15H14Cl2O/c1-2-10-6-3-4-7-11(10)15(18)12-8-5-9-13(16)14(12)17/h3-9,15,18H,2H2,1H3. The van der Waals surface area contributed by atoms with E-state index in [4.69, 9.17) is 23.2 Å². The highest BCUT2D eigenvalue weighted by molar-refractivity contribution is 6.42. The average Bonchev–Trinajstić information content (AvgIpc) is 2.41. The second kappa shape index (κ2) is 5.75. The Labute approximate surface area is 117 Å². The van der Waals surface area contributed by atoms with Gasteiger partial charge in [0, 0.05) is 5.56 Å². The third kappa shape index (κ3) is 2.54. The van der Waals surface area contributed by atoms with Crippen LogP contribution >= 0.6 is 23.2 Å². The maximum atomic E-state index is 10.5. The first-order valence-corrected chi connectivity index (χ1v) is 6.60. The number of halogens is 2. The van der Waals surface area contributed by atoms with Crippen molar-refractivity contribution in [2.24, 2.45) is 0 Å². The fraction of sp³-hybridized carbons (Fsp3) is 0.200. The number of benzene rings is 2. The molecule has 0 heterocycles. The topological polar surface area (TPSA) is 20.2 Å². The lowest BCUT2D eigenvalue weighted by Gasteiger charge is -2.17. The highest BCUT2D eigenvalue weighted by Crippen LogP contribution is 2.34. The summed E-state index contributed by atoms with van der Waals surface area (Å²) in [6.07, 6.45) is 0.123. The SMILES string of the molecule is CCc1ccccc1C(O)c1cccc(Cl)c1Cl. The fourth-order valence-electron chi connectivity index (χ4n) is 2.02. The molecule has 0 aliphatic heterocycles. The minimum Gasteiger partial charge on any atom is -0.384 e. The van der Waals surface area contributed by atoms with E-state index < -0.39 is 6.10 Å². The van der Waals surface area contributed by atoms with Gasteiger partial charge < -0.3 is 5.11 Å². The van der Waals surface area contributed by atoms with Crippen molar-refractivity contribution in [1.29, 1.82) is 0 Å². The van der Waals surface area contributed by atoms with Gasteiger partial charge in [-0.15, -0.1) is 0 Å². The molecule has 2 rings (SSSR count). The van der Waals surface area contributed by atoms with Crippen molar-refractivity contribution in [3.8, 4) is 0 Å². The van der Waals surface area contributed by atoms with E-state index in [1.165, 1.54) is 0 Å². The number of hydrogen-bond acceptors (Lipinski definition) is 1. The second-order valence-corrected chi connectivity index (χ2v) is 4.88. The summed E-state index contributed by atoms with van der Waals surface area (Å²) in [7, 11) is 0. The van der Waals surface area contributed by atoms with E-state index in [2.05, 4.69) is 6.92 Å². The Kier molecular flexibility index (Phi) is 4.28. The molecule has 0 aromatic heterocycles. The van der Waals surface area contributed by atoms with E-state index in [9.17, 15) is 5.11 Å². The predicted molar refractivity (Wildman–Crippen MR) is 76.3 cm³/mol. The first-order valence-electron chi connectivity index (χ1n) is 5.85. The van der Waals surface area contributed by atoms with Crippen molar-refractivity contribution < 1.29 is 5.11 Å². The Balaban J connectivity index is 2.48. The zero-order valence-corrected chi connectivity index (χ0v) is 11.5. The summed E-state index contributed by atoms with van der Waals surface area (Å²) >= 11 is 12.1. The highest BCUT2D eigenvalue weighted by atomic mass is 35.5. The summed E-state index contributed by atoms with van der Waals surface area (Å²) in [5, 5.41) is 11.3. The Morgan fingerprint density at radius 2 is 1.67 bits per heavy atom. The van der Waals surface area contributed by atoms with Crippen molar-refractivity contribution in [2.45, 2.75) is 19.4 Å². The lowest BCUT2D eigenvalue weighted by Crippen LogP contribution is -2.04. The van der Waals surface area contributed by atoms with E-state index in [1.54, 1.807) is 18.2 Å². The molecular formula is C15H14Cl2O. The van der Waals surface area contributed by atoms with Gasteiger partial charge in [-0.05, 0) is 23.6 Å². The Morgan fingerprint density at radius 1 is 1.00 bits per heavy atom. The first-order chi connectivity index (χ1) is 8.65. The minimum absolute atomic E-state index is 0.414. The van der Waals surface area contributed by atoms with Crippen LogP contribution in [0.15, 0.2) is 42.5 Å². The molecule has 1 unspecified atom stereocenters. The van der Waals surface area contributed by atoms with Crippen molar-refractivity contribution >= 4 is 23.2 Å². The van der Waals surface area contributed by atoms with Gasteiger partial charge >= 0.3 is 0 Å². The van der Waals surface area contributed by atoms with Gasteiger partial charge in [-0.25, -0.2) is 0 Å². The molecule has 2 aromatic carbocycles. The van der Waals surface area contributed by atoms with Crippen LogP contribution in [0.3, 0.4) is 0 Å². The fourth-order valence-corrected chi connectivity index (χ4v) is 2.43. The van der Waals surface area contributed by atoms with Crippen LogP contribution in [-0.4, -0.2) is 5.11 Å². The summed E-state index contributed by atoms with van der Waals surface area (Å²) in [4.78, 5) is 0. The molecule has 0 spiro atoms. The van der Waals surface area contributed by atoms with Crippen molar-refractivity contribution in [2.75, 3.05) is 0 Å². The molecule has 0 saturated heterocycles. The van der Waals surface area contributed by atoms with Crippen LogP contribution in [0.2, 0.25) is 10.0 Å². The van der Waals surface area contributed by atoms with E-state index in [-0.39, 0.29) is 0 Å². The van der Waals surface area contributed by atoms with Crippen molar-refractivity contribution in [3.63, 3.8) is 0 Å². The average molecular weight is 281 g/mol. The van der Waals surface area contributed by atoms with Gasteiger partial charge in [-0.2, -0.15) is 0 Å². The van der Waals surface area contributed by atoms with Crippen LogP contribution in [0.25, 0.3) is 0 Å². The maximum absolute atomic E-state index is 10.5. The summed E-state index contributed by atoms with van der Waals surface area (Å²) in [6.45, 7) is 2.06. The van der Waals surface area contributed by atoms with Crippen LogP contribution in [0.4, 0.5) is 0 Å². The smallest absolute Gasteiger partial charge is 0.106 e. The molecule has 0 bridgehead atoms. The predicted octanol–water partition coefficient (Wildman–Crippen LogP) is 4.64. The summed E-state index contributed by atoms with van der Waals surface area (Å²) in [5.41, 5.74) is 2.63. The molecule has 0 amide bonds. The van der Waals surface area contributed by atoms with Gasteiger partial charge in [0.15, 0.2) is 0 Å². The third-order valence-electron chi connectivity index (χ3n) is 3.01. The van der Waals surface area contributed by atoms with Gasteiger partial charge in [-0.1, -0.05) is 66.5 Å². The van der Waals surface area contributed by atoms with E-state index in [0.717, 1.165) is 17.5 Å². The molecule has 0 aliphatic rings. The Morgan fingerprint density at radius 3 is 2.39 bits per heavy atom. The third-order valence-corrected chi connectivity index (χ3v) is 3.84. The Bertz CT molecular complexity index is 552. The van der Waals surface area contributed by atoms with Crippen LogP contribution in [0.5, 0.6) is 0 Å². The molecular weight excluding hydrogens is 267 g/mol. The minimum atomic E-state index is -0.743. The van der Waals surface area contributed by atoms with Gasteiger partial charge in [-0.3, -0.25) is 0 Å². The van der Waals surface area contributed by atoms with Gasteiger partial charge in [0.1, 0.15) is 6.10 Å². The number of aryl methyl sites for hydroxylation is 1. The zero-order valence-electron chi connectivity index (χ0n) is 10.0. The monoisotopic (exact) mass is 280 g/mol. The van der Waals surface area contributed by atoms with Crippen molar-refractivity contribution in [3.05, 3.63) is 69.2 Å². The number of hydrogen-bond donors (Lipinski definition) is 1. The van der Waals surface area contributed by atoms with Crippen LogP contribution < -0.4 is 0 Å². The number of aliphatic hydroxyl groups is 1. The van der Waals surface area contributed by atoms with Crippen LogP contribution in [0, 0.1) is 0 Å². The summed E-state index contributed by atoms with van der Waals surface area (Å²) < 4.78 is 0. The molecule has 1 N–H and O–H groups in total. The molecule has 0 aliphatic carbocycles. The maximum Gasteiger partial charge on any atom is 0.106 e. The van der Waals surface area contributed by atoms with Gasteiger partial charge in [0.05, 0.1) is 10.0 Å². The lowest BCUT2D eigenvalue weighted by molar-refractivity contribution is 0.219. The molecule has 1 nitrogen and oxygen atoms in total. The van der Waals surface area contributed by atoms with E-state index in [0.29, 0.717) is 15.6 Å². The molecule has 0 fully saturated rings. The molecule has 2 aromatic rings. The van der Waals surface area contributed by atoms with E-state index in [1.807, 2.05) is 24.3 Å². The van der Waals surface area contributed by atoms with Crippen LogP contribution in [-0.2, 0) is 6.42 Å². The molecule has 1 atom stereocenters. The normalized spacial score (nSPS) is 12.4. The van der Waals surface area contributed by atoms with Crippen molar-refractivity contribution in [1.82, 2.24) is 0 Å². The van der Waals surface area contributed by atoms with Gasteiger partial charge in [0.2, 0.25) is 0 Å². The largest absolute Gasteiger partial charge is 0.384 e. The van der Waals surface area contributed by atoms with E-state index >= 15 is 0 Å². The molecule has 3 heteroatoms. The first kappa shape index (κ1) is 13.4. The zero-order chi connectivity index (χ0) is 13.1. The quantitative estimate of drug-likeness (QED) is 0.869. The molecule has 18 heavy (non-hydrogen) atoms. The lowest BCUT2D eigenvalue weighted by atomic mass is 9.95. The molecule has 0 radical (unpaired) electrons. The summed E-state index contributed by atoms with van der Waals surface area (Å²) in [5.74, 6) is 0. The van der Waals surface area contributed by atoms with Gasteiger partial charge in [0.25, 0.3) is 0 Å². The number of rotatable bonds is 3. The van der Waals surface area contributed by atoms with Crippen LogP contribution in [0.1, 0.15) is 29.7 Å². The summed E-state index contributed by atoms with van der Waals surface area (Å²) in [6, 6.07) is 13.1. The Hall–Kier alpha value is -1.02.